The van der Waals surface area contributed by atoms with Crippen molar-refractivity contribution in [1.82, 2.24) is 5.32 Å². The van der Waals surface area contributed by atoms with Gasteiger partial charge in [-0.25, -0.2) is 0 Å². The highest BCUT2D eigenvalue weighted by Crippen LogP contribution is 2.22. The number of amides is 2. The molecule has 0 fully saturated rings. The van der Waals surface area contributed by atoms with E-state index in [0.29, 0.717) is 4.88 Å². The normalized spacial score (nSPS) is 10.3. The van der Waals surface area contributed by atoms with Gasteiger partial charge in [0.25, 0.3) is 5.91 Å². The molecule has 1 heterocycles. The van der Waals surface area contributed by atoms with Gasteiger partial charge in [-0.1, -0.05) is 0 Å². The fourth-order valence-corrected chi connectivity index (χ4v) is 3.25. The molecule has 2 N–H and O–H groups in total. The summed E-state index contributed by atoms with van der Waals surface area (Å²) in [5, 5.41) is 5.42. The van der Waals surface area contributed by atoms with E-state index >= 15 is 0 Å². The van der Waals surface area contributed by atoms with Gasteiger partial charge in [0.2, 0.25) is 5.91 Å². The van der Waals surface area contributed by atoms with Crippen LogP contribution in [0, 0.1) is 6.92 Å². The summed E-state index contributed by atoms with van der Waals surface area (Å²) in [6, 6.07) is 9.31. The molecular formula is C16H18BrN3O2S. The number of aryl methyl sites for hydroxylation is 1. The van der Waals surface area contributed by atoms with Gasteiger partial charge in [0.05, 0.1) is 15.2 Å². The van der Waals surface area contributed by atoms with Crippen molar-refractivity contribution in [3.63, 3.8) is 0 Å². The Labute approximate surface area is 147 Å². The summed E-state index contributed by atoms with van der Waals surface area (Å²) in [6.07, 6.45) is 0. The summed E-state index contributed by atoms with van der Waals surface area (Å²) in [5.41, 5.74) is 2.78. The van der Waals surface area contributed by atoms with Crippen LogP contribution in [0.25, 0.3) is 0 Å². The van der Waals surface area contributed by atoms with Gasteiger partial charge in [-0.15, -0.1) is 11.3 Å². The lowest BCUT2D eigenvalue weighted by Crippen LogP contribution is -2.32. The molecule has 0 saturated heterocycles. The number of nitrogens with one attached hydrogen (secondary N) is 2. The first-order valence-corrected chi connectivity index (χ1v) is 8.59. The van der Waals surface area contributed by atoms with Crippen LogP contribution in [-0.2, 0) is 4.79 Å². The third-order valence-corrected chi connectivity index (χ3v) is 4.83. The molecule has 2 rings (SSSR count). The topological polar surface area (TPSA) is 61.4 Å². The number of hydrogen-bond donors (Lipinski definition) is 2. The van der Waals surface area contributed by atoms with Crippen molar-refractivity contribution in [2.24, 2.45) is 0 Å². The Morgan fingerprint density at radius 2 is 1.96 bits per heavy atom. The predicted octanol–water partition coefficient (Wildman–Crippen LogP) is 3.25. The standard InChI is InChI=1S/C16H18BrN3O2S/c1-10-8-11(20(2)3)4-5-12(10)19-15(21)9-18-16(22)13-6-7-14(17)23-13/h4-8H,9H2,1-3H3,(H,18,22)(H,19,21). The van der Waals surface area contributed by atoms with Gasteiger partial charge in [-0.2, -0.15) is 0 Å². The molecule has 0 atom stereocenters. The Balaban J connectivity index is 1.91. The van der Waals surface area contributed by atoms with E-state index in [0.717, 1.165) is 20.7 Å². The van der Waals surface area contributed by atoms with Crippen LogP contribution in [0.2, 0.25) is 0 Å². The van der Waals surface area contributed by atoms with E-state index in [1.165, 1.54) is 11.3 Å². The van der Waals surface area contributed by atoms with Crippen molar-refractivity contribution >= 4 is 50.5 Å². The smallest absolute Gasteiger partial charge is 0.261 e. The van der Waals surface area contributed by atoms with E-state index in [1.807, 2.05) is 44.1 Å². The van der Waals surface area contributed by atoms with Gasteiger partial charge in [-0.05, 0) is 58.7 Å². The maximum atomic E-state index is 12.0. The SMILES string of the molecule is Cc1cc(N(C)C)ccc1NC(=O)CNC(=O)c1ccc(Br)s1. The summed E-state index contributed by atoms with van der Waals surface area (Å²) in [5.74, 6) is -0.509. The molecule has 0 aliphatic heterocycles. The first-order chi connectivity index (χ1) is 10.9. The van der Waals surface area contributed by atoms with Gasteiger partial charge in [0.1, 0.15) is 0 Å². The summed E-state index contributed by atoms with van der Waals surface area (Å²) in [7, 11) is 3.93. The van der Waals surface area contributed by atoms with Crippen LogP contribution in [0.3, 0.4) is 0 Å². The van der Waals surface area contributed by atoms with Crippen LogP contribution in [0.15, 0.2) is 34.1 Å². The Morgan fingerprint density at radius 3 is 2.52 bits per heavy atom. The predicted molar refractivity (Wildman–Crippen MR) is 98.5 cm³/mol. The van der Waals surface area contributed by atoms with E-state index in [9.17, 15) is 9.59 Å². The number of nitrogens with zero attached hydrogens (tertiary/aromatic N) is 1. The summed E-state index contributed by atoms with van der Waals surface area (Å²) >= 11 is 4.63. The molecule has 23 heavy (non-hydrogen) atoms. The lowest BCUT2D eigenvalue weighted by molar-refractivity contribution is -0.115. The van der Waals surface area contributed by atoms with Crippen molar-refractivity contribution in [2.75, 3.05) is 30.9 Å². The number of anilines is 2. The third-order valence-electron chi connectivity index (χ3n) is 3.21. The van der Waals surface area contributed by atoms with E-state index < -0.39 is 0 Å². The second-order valence-electron chi connectivity index (χ2n) is 5.23. The molecule has 1 aromatic carbocycles. The Bertz CT molecular complexity index is 728. The monoisotopic (exact) mass is 395 g/mol. The van der Waals surface area contributed by atoms with Crippen LogP contribution in [0.5, 0.6) is 0 Å². The minimum atomic E-state index is -0.255. The third kappa shape index (κ3) is 4.80. The van der Waals surface area contributed by atoms with Crippen LogP contribution in [0.4, 0.5) is 11.4 Å². The van der Waals surface area contributed by atoms with E-state index in [-0.39, 0.29) is 18.4 Å². The highest BCUT2D eigenvalue weighted by molar-refractivity contribution is 9.11. The van der Waals surface area contributed by atoms with Crippen molar-refractivity contribution < 1.29 is 9.59 Å². The molecule has 0 aliphatic rings. The quantitative estimate of drug-likeness (QED) is 0.816. The van der Waals surface area contributed by atoms with Crippen LogP contribution in [-0.4, -0.2) is 32.5 Å². The van der Waals surface area contributed by atoms with Gasteiger partial charge in [0.15, 0.2) is 0 Å². The molecule has 0 aliphatic carbocycles. The highest BCUT2D eigenvalue weighted by Gasteiger charge is 2.11. The fraction of sp³-hybridized carbons (Fsp3) is 0.250. The second-order valence-corrected chi connectivity index (χ2v) is 7.69. The van der Waals surface area contributed by atoms with Gasteiger partial charge in [0, 0.05) is 25.5 Å². The van der Waals surface area contributed by atoms with E-state index in [2.05, 4.69) is 26.6 Å². The molecule has 0 bridgehead atoms. The summed E-state index contributed by atoms with van der Waals surface area (Å²) < 4.78 is 0.878. The lowest BCUT2D eigenvalue weighted by atomic mass is 10.1. The average molecular weight is 396 g/mol. The number of thiophene rings is 1. The Hall–Kier alpha value is -1.86. The van der Waals surface area contributed by atoms with Gasteiger partial charge < -0.3 is 15.5 Å². The minimum absolute atomic E-state index is 0.0662. The first kappa shape index (κ1) is 17.5. The molecule has 0 radical (unpaired) electrons. The maximum absolute atomic E-state index is 12.0. The molecule has 0 spiro atoms. The van der Waals surface area contributed by atoms with Crippen molar-refractivity contribution in [1.29, 1.82) is 0 Å². The molecule has 7 heteroatoms. The van der Waals surface area contributed by atoms with Gasteiger partial charge in [-0.3, -0.25) is 9.59 Å². The highest BCUT2D eigenvalue weighted by atomic mass is 79.9. The molecule has 122 valence electrons. The zero-order valence-electron chi connectivity index (χ0n) is 13.1. The number of halogens is 1. The first-order valence-electron chi connectivity index (χ1n) is 6.98. The van der Waals surface area contributed by atoms with Crippen molar-refractivity contribution in [3.8, 4) is 0 Å². The average Bonchev–Trinajstić information content (AvgIpc) is 2.93. The van der Waals surface area contributed by atoms with Crippen LogP contribution in [0.1, 0.15) is 15.2 Å². The van der Waals surface area contributed by atoms with Crippen LogP contribution >= 0.6 is 27.3 Å². The van der Waals surface area contributed by atoms with E-state index in [4.69, 9.17) is 0 Å². The molecule has 2 aromatic rings. The lowest BCUT2D eigenvalue weighted by Gasteiger charge is -2.15. The number of carbonyl (C=O) groups excluding carboxylic acids is 2. The largest absolute Gasteiger partial charge is 0.378 e. The molecule has 0 saturated carbocycles. The maximum Gasteiger partial charge on any atom is 0.261 e. The fourth-order valence-electron chi connectivity index (χ4n) is 1.94. The molecule has 0 unspecified atom stereocenters. The minimum Gasteiger partial charge on any atom is -0.378 e. The van der Waals surface area contributed by atoms with Crippen molar-refractivity contribution in [2.45, 2.75) is 6.92 Å². The molecule has 2 amide bonds. The molecular weight excluding hydrogens is 378 g/mol. The zero-order chi connectivity index (χ0) is 17.0. The summed E-state index contributed by atoms with van der Waals surface area (Å²) in [6.45, 7) is 1.87. The Morgan fingerprint density at radius 1 is 1.22 bits per heavy atom. The summed E-state index contributed by atoms with van der Waals surface area (Å²) in [4.78, 5) is 26.4. The zero-order valence-corrected chi connectivity index (χ0v) is 15.5. The number of benzene rings is 1. The van der Waals surface area contributed by atoms with Crippen molar-refractivity contribution in [3.05, 3.63) is 44.6 Å². The number of hydrogen-bond acceptors (Lipinski definition) is 4. The number of carbonyl (C=O) groups is 2. The second kappa shape index (κ2) is 7.61. The number of rotatable bonds is 5. The molecule has 5 nitrogen and oxygen atoms in total. The van der Waals surface area contributed by atoms with E-state index in [1.54, 1.807) is 12.1 Å². The molecule has 1 aromatic heterocycles. The van der Waals surface area contributed by atoms with Crippen LogP contribution < -0.4 is 15.5 Å². The Kier molecular flexibility index (Phi) is 5.79. The van der Waals surface area contributed by atoms with Gasteiger partial charge >= 0.3 is 0 Å².